The van der Waals surface area contributed by atoms with Crippen LogP contribution in [0.4, 0.5) is 8.78 Å². The van der Waals surface area contributed by atoms with E-state index in [1.807, 2.05) is 4.91 Å². The van der Waals surface area contributed by atoms with E-state index in [9.17, 15) is 17.2 Å². The zero-order valence-corrected chi connectivity index (χ0v) is 7.37. The van der Waals surface area contributed by atoms with E-state index < -0.39 is 26.6 Å². The molecule has 0 radical (unpaired) electrons. The molecule has 0 saturated heterocycles. The first-order valence-corrected chi connectivity index (χ1v) is 4.67. The number of sulfonamides is 1. The Bertz CT molecular complexity index is 488. The lowest BCUT2D eigenvalue weighted by Gasteiger charge is -1.97. The van der Waals surface area contributed by atoms with E-state index in [2.05, 4.69) is 4.52 Å². The van der Waals surface area contributed by atoms with Crippen LogP contribution in [0.5, 0.6) is 0 Å². The van der Waals surface area contributed by atoms with Gasteiger partial charge in [0.1, 0.15) is 11.6 Å². The second kappa shape index (κ2) is 3.60. The number of rotatable bonds is 2. The summed E-state index contributed by atoms with van der Waals surface area (Å²) in [5, 5.41) is 0. The standard InChI is InChI=1S/C6H3F2N3O2S/c7-4-1-5(8)3-6(2-4)14(12,13)11-10-9/h1-3H. The molecule has 5 nitrogen and oxygen atoms in total. The van der Waals surface area contributed by atoms with Gasteiger partial charge in [0, 0.05) is 15.5 Å². The Morgan fingerprint density at radius 2 is 1.71 bits per heavy atom. The van der Waals surface area contributed by atoms with Crippen LogP contribution in [0, 0.1) is 11.6 Å². The normalized spacial score (nSPS) is 10.7. The molecule has 1 rings (SSSR count). The molecule has 0 N–H and O–H groups in total. The molecule has 0 aliphatic carbocycles. The second-order valence-corrected chi connectivity index (χ2v) is 3.84. The van der Waals surface area contributed by atoms with Crippen molar-refractivity contribution < 1.29 is 17.2 Å². The third-order valence-electron chi connectivity index (χ3n) is 1.28. The molecule has 0 bridgehead atoms. The summed E-state index contributed by atoms with van der Waals surface area (Å²) in [6.07, 6.45) is 0. The average molecular weight is 219 g/mol. The van der Waals surface area contributed by atoms with Gasteiger partial charge in [-0.1, -0.05) is 0 Å². The molecule has 14 heavy (non-hydrogen) atoms. The van der Waals surface area contributed by atoms with Crippen molar-refractivity contribution >= 4 is 10.0 Å². The molecule has 1 aromatic rings. The van der Waals surface area contributed by atoms with Crippen LogP contribution in [-0.2, 0) is 10.0 Å². The van der Waals surface area contributed by atoms with E-state index in [1.54, 1.807) is 0 Å². The van der Waals surface area contributed by atoms with Crippen LogP contribution in [0.25, 0.3) is 10.4 Å². The second-order valence-electron chi connectivity index (χ2n) is 2.25. The molecule has 0 unspecified atom stereocenters. The third kappa shape index (κ3) is 2.18. The maximum atomic E-state index is 12.6. The molecule has 74 valence electrons. The van der Waals surface area contributed by atoms with Gasteiger partial charge in [-0.15, -0.1) is 0 Å². The monoisotopic (exact) mass is 219 g/mol. The molecule has 0 spiro atoms. The van der Waals surface area contributed by atoms with Crippen molar-refractivity contribution in [3.8, 4) is 0 Å². The first-order chi connectivity index (χ1) is 6.45. The van der Waals surface area contributed by atoms with Gasteiger partial charge in [-0.2, -0.15) is 0 Å². The fourth-order valence-corrected chi connectivity index (χ4v) is 1.49. The summed E-state index contributed by atoms with van der Waals surface area (Å²) in [6.45, 7) is 0. The Morgan fingerprint density at radius 1 is 1.21 bits per heavy atom. The molecule has 0 aliphatic rings. The van der Waals surface area contributed by atoms with Crippen molar-refractivity contribution in [2.75, 3.05) is 0 Å². The number of nitrogens with zero attached hydrogens (tertiary/aromatic N) is 3. The average Bonchev–Trinajstić information content (AvgIpc) is 2.02. The summed E-state index contributed by atoms with van der Waals surface area (Å²) in [5.74, 6) is -2.12. The van der Waals surface area contributed by atoms with E-state index in [1.165, 1.54) is 0 Å². The van der Waals surface area contributed by atoms with Gasteiger partial charge in [0.15, 0.2) is 0 Å². The highest BCUT2D eigenvalue weighted by Crippen LogP contribution is 2.15. The van der Waals surface area contributed by atoms with Gasteiger partial charge in [0.2, 0.25) is 0 Å². The quantitative estimate of drug-likeness (QED) is 0.432. The van der Waals surface area contributed by atoms with Crippen LogP contribution in [0.15, 0.2) is 27.6 Å². The molecule has 0 aromatic heterocycles. The molecular formula is C6H3F2N3O2S. The van der Waals surface area contributed by atoms with Gasteiger partial charge in [0.25, 0.3) is 10.0 Å². The zero-order valence-electron chi connectivity index (χ0n) is 6.55. The molecular weight excluding hydrogens is 216 g/mol. The highest BCUT2D eigenvalue weighted by atomic mass is 32.2. The summed E-state index contributed by atoms with van der Waals surface area (Å²) in [7, 11) is -4.33. The largest absolute Gasteiger partial charge is 0.264 e. The molecule has 1 aromatic carbocycles. The van der Waals surface area contributed by atoms with Crippen LogP contribution < -0.4 is 0 Å². The number of azide groups is 1. The van der Waals surface area contributed by atoms with Crippen LogP contribution in [0.3, 0.4) is 0 Å². The Balaban J connectivity index is 3.40. The van der Waals surface area contributed by atoms with Crippen molar-refractivity contribution in [3.63, 3.8) is 0 Å². The predicted molar refractivity (Wildman–Crippen MR) is 42.7 cm³/mol. The van der Waals surface area contributed by atoms with Crippen molar-refractivity contribution in [2.45, 2.75) is 4.90 Å². The maximum absolute atomic E-state index is 12.6. The van der Waals surface area contributed by atoms with E-state index in [4.69, 9.17) is 5.53 Å². The van der Waals surface area contributed by atoms with Crippen LogP contribution in [0.2, 0.25) is 0 Å². The number of halogens is 2. The van der Waals surface area contributed by atoms with Crippen molar-refractivity contribution in [1.82, 2.24) is 0 Å². The molecule has 0 saturated carbocycles. The summed E-state index contributed by atoms with van der Waals surface area (Å²) in [5.41, 5.74) is 7.89. The number of hydrogen-bond donors (Lipinski definition) is 0. The first-order valence-electron chi connectivity index (χ1n) is 3.23. The van der Waals surface area contributed by atoms with E-state index in [0.29, 0.717) is 18.2 Å². The maximum Gasteiger partial charge on any atom is 0.264 e. The highest BCUT2D eigenvalue weighted by molar-refractivity contribution is 7.90. The van der Waals surface area contributed by atoms with Gasteiger partial charge < -0.3 is 0 Å². The molecule has 8 heteroatoms. The molecule has 0 heterocycles. The Labute approximate surface area is 77.7 Å². The summed E-state index contributed by atoms with van der Waals surface area (Å²) in [4.78, 5) is 1.32. The van der Waals surface area contributed by atoms with Crippen molar-refractivity contribution in [1.29, 1.82) is 0 Å². The van der Waals surface area contributed by atoms with Crippen molar-refractivity contribution in [3.05, 3.63) is 40.3 Å². The predicted octanol–water partition coefficient (Wildman–Crippen LogP) is 1.96. The Morgan fingerprint density at radius 3 is 2.14 bits per heavy atom. The van der Waals surface area contributed by atoms with Crippen LogP contribution in [-0.4, -0.2) is 8.42 Å². The first kappa shape index (κ1) is 10.4. The summed E-state index contributed by atoms with van der Waals surface area (Å²) < 4.78 is 49.5. The molecule has 0 atom stereocenters. The minimum absolute atomic E-state index is 0.509. The molecule has 0 fully saturated rings. The van der Waals surface area contributed by atoms with E-state index in [0.717, 1.165) is 0 Å². The third-order valence-corrected chi connectivity index (χ3v) is 2.40. The number of benzene rings is 1. The fraction of sp³-hybridized carbons (Fsp3) is 0. The Hall–Kier alpha value is -1.66. The van der Waals surface area contributed by atoms with Crippen LogP contribution in [0.1, 0.15) is 0 Å². The highest BCUT2D eigenvalue weighted by Gasteiger charge is 2.14. The lowest BCUT2D eigenvalue weighted by atomic mass is 10.3. The fourth-order valence-electron chi connectivity index (χ4n) is 0.773. The van der Waals surface area contributed by atoms with Gasteiger partial charge in [0.05, 0.1) is 4.90 Å². The minimum atomic E-state index is -4.33. The zero-order chi connectivity index (χ0) is 10.8. The minimum Gasteiger partial charge on any atom is -0.216 e. The van der Waals surface area contributed by atoms with Crippen LogP contribution >= 0.6 is 0 Å². The lowest BCUT2D eigenvalue weighted by Crippen LogP contribution is -1.97. The van der Waals surface area contributed by atoms with E-state index in [-0.39, 0.29) is 0 Å². The Kier molecular flexibility index (Phi) is 2.68. The smallest absolute Gasteiger partial charge is 0.216 e. The summed E-state index contributed by atoms with van der Waals surface area (Å²) >= 11 is 0. The number of hydrogen-bond acceptors (Lipinski definition) is 2. The summed E-state index contributed by atoms with van der Waals surface area (Å²) in [6, 6.07) is 1.63. The van der Waals surface area contributed by atoms with Crippen molar-refractivity contribution in [2.24, 2.45) is 4.52 Å². The topological polar surface area (TPSA) is 82.9 Å². The van der Waals surface area contributed by atoms with Gasteiger partial charge in [-0.3, -0.25) is 0 Å². The van der Waals surface area contributed by atoms with Gasteiger partial charge in [-0.05, 0) is 17.7 Å². The van der Waals surface area contributed by atoms with Gasteiger partial charge >= 0.3 is 0 Å². The lowest BCUT2D eigenvalue weighted by molar-refractivity contribution is 0.567. The SMILES string of the molecule is [N-]=[N+]=NS(=O)(=O)c1cc(F)cc(F)c1. The molecule has 0 aliphatic heterocycles. The van der Waals surface area contributed by atoms with E-state index >= 15 is 0 Å². The van der Waals surface area contributed by atoms with Gasteiger partial charge in [-0.25, -0.2) is 17.2 Å². The molecule has 0 amide bonds.